The molecule has 2 aliphatic rings. The number of piperidine rings is 1. The average molecular weight is 424 g/mol. The van der Waals surface area contributed by atoms with Crippen LogP contribution in [0.5, 0.6) is 0 Å². The number of nitrogens with zero attached hydrogens (tertiary/aromatic N) is 2. The highest BCUT2D eigenvalue weighted by Crippen LogP contribution is 2.23. The number of unbranched alkanes of at least 4 members (excludes halogenated alkanes) is 1. The highest BCUT2D eigenvalue weighted by molar-refractivity contribution is 7.89. The van der Waals surface area contributed by atoms with E-state index in [1.54, 1.807) is 4.31 Å². The number of hydrogen-bond donors (Lipinski definition) is 1. The van der Waals surface area contributed by atoms with Gasteiger partial charge in [-0.3, -0.25) is 9.69 Å². The van der Waals surface area contributed by atoms with Gasteiger partial charge in [0.25, 0.3) is 0 Å². The van der Waals surface area contributed by atoms with Crippen LogP contribution in [0, 0.1) is 5.92 Å². The highest BCUT2D eigenvalue weighted by atomic mass is 32.2. The van der Waals surface area contributed by atoms with Gasteiger partial charge >= 0.3 is 0 Å². The summed E-state index contributed by atoms with van der Waals surface area (Å²) in [5, 5.41) is 3.03. The fourth-order valence-corrected chi connectivity index (χ4v) is 5.54. The Kier molecular flexibility index (Phi) is 8.06. The second kappa shape index (κ2) is 10.5. The number of rotatable bonds is 8. The minimum absolute atomic E-state index is 0.0147. The fraction of sp³-hybridized carbons (Fsp3) is 0.667. The Bertz CT molecular complexity index is 770. The summed E-state index contributed by atoms with van der Waals surface area (Å²) >= 11 is 0. The van der Waals surface area contributed by atoms with Crippen LogP contribution < -0.4 is 5.32 Å². The Morgan fingerprint density at radius 2 is 1.90 bits per heavy atom. The molecule has 1 aromatic carbocycles. The number of hydrogen-bond acceptors (Lipinski definition) is 5. The van der Waals surface area contributed by atoms with Crippen molar-refractivity contribution < 1.29 is 17.9 Å². The minimum Gasteiger partial charge on any atom is -0.379 e. The molecule has 0 bridgehead atoms. The molecule has 29 heavy (non-hydrogen) atoms. The zero-order valence-corrected chi connectivity index (χ0v) is 18.1. The second-order valence-corrected chi connectivity index (χ2v) is 10.0. The van der Waals surface area contributed by atoms with Gasteiger partial charge in [-0.05, 0) is 37.0 Å². The van der Waals surface area contributed by atoms with Crippen LogP contribution in [0.15, 0.2) is 24.3 Å². The third kappa shape index (κ3) is 6.50. The van der Waals surface area contributed by atoms with Gasteiger partial charge in [0.2, 0.25) is 15.9 Å². The van der Waals surface area contributed by atoms with Gasteiger partial charge in [-0.15, -0.1) is 0 Å². The maximum atomic E-state index is 12.7. The van der Waals surface area contributed by atoms with Crippen molar-refractivity contribution >= 4 is 21.6 Å². The molecule has 3 rings (SSSR count). The standard InChI is InChI=1S/C21H33N3O4S/c1-2-3-15-29(26,27)24-9-7-19(8-10-24)21(25)22-20-6-4-5-18(16-20)17-23-11-13-28-14-12-23/h4-6,16,19H,2-3,7-15,17H2,1H3,(H,22,25). The minimum atomic E-state index is -3.19. The maximum Gasteiger partial charge on any atom is 0.227 e. The van der Waals surface area contributed by atoms with Crippen LogP contribution in [0.1, 0.15) is 38.2 Å². The Labute approximate surface area is 174 Å². The average Bonchev–Trinajstić information content (AvgIpc) is 2.73. The Hall–Kier alpha value is -1.48. The molecule has 0 saturated carbocycles. The van der Waals surface area contributed by atoms with Crippen molar-refractivity contribution in [3.8, 4) is 0 Å². The summed E-state index contributed by atoms with van der Waals surface area (Å²) < 4.78 is 31.6. The van der Waals surface area contributed by atoms with E-state index in [1.165, 1.54) is 5.56 Å². The molecule has 162 valence electrons. The molecule has 7 nitrogen and oxygen atoms in total. The number of carbonyl (C=O) groups excluding carboxylic acids is 1. The molecular weight excluding hydrogens is 390 g/mol. The number of sulfonamides is 1. The van der Waals surface area contributed by atoms with E-state index >= 15 is 0 Å². The molecular formula is C21H33N3O4S. The van der Waals surface area contributed by atoms with Crippen molar-refractivity contribution in [3.05, 3.63) is 29.8 Å². The van der Waals surface area contributed by atoms with Gasteiger partial charge in [0.15, 0.2) is 0 Å². The van der Waals surface area contributed by atoms with E-state index in [0.29, 0.717) is 32.4 Å². The van der Waals surface area contributed by atoms with Gasteiger partial charge in [-0.1, -0.05) is 25.5 Å². The molecule has 0 spiro atoms. The topological polar surface area (TPSA) is 79.0 Å². The summed E-state index contributed by atoms with van der Waals surface area (Å²) in [7, 11) is -3.19. The van der Waals surface area contributed by atoms with Crippen molar-refractivity contribution in [1.29, 1.82) is 0 Å². The number of ether oxygens (including phenoxy) is 1. The van der Waals surface area contributed by atoms with E-state index < -0.39 is 10.0 Å². The molecule has 0 unspecified atom stereocenters. The predicted molar refractivity (Wildman–Crippen MR) is 114 cm³/mol. The molecule has 0 atom stereocenters. The van der Waals surface area contributed by atoms with E-state index in [9.17, 15) is 13.2 Å². The van der Waals surface area contributed by atoms with Crippen molar-refractivity contribution in [2.75, 3.05) is 50.5 Å². The van der Waals surface area contributed by atoms with Gasteiger partial charge in [-0.25, -0.2) is 12.7 Å². The van der Waals surface area contributed by atoms with E-state index in [2.05, 4.69) is 16.3 Å². The zero-order chi connectivity index (χ0) is 20.7. The molecule has 1 N–H and O–H groups in total. The lowest BCUT2D eigenvalue weighted by Gasteiger charge is -2.30. The van der Waals surface area contributed by atoms with Gasteiger partial charge in [-0.2, -0.15) is 0 Å². The normalized spacial score (nSPS) is 19.9. The Morgan fingerprint density at radius 1 is 1.17 bits per heavy atom. The van der Waals surface area contributed by atoms with Gasteiger partial charge in [0, 0.05) is 44.3 Å². The van der Waals surface area contributed by atoms with Crippen molar-refractivity contribution in [3.63, 3.8) is 0 Å². The number of morpholine rings is 1. The lowest BCUT2D eigenvalue weighted by atomic mass is 9.97. The van der Waals surface area contributed by atoms with Gasteiger partial charge in [0.05, 0.1) is 19.0 Å². The molecule has 2 heterocycles. The van der Waals surface area contributed by atoms with Gasteiger partial charge in [0.1, 0.15) is 0 Å². The summed E-state index contributed by atoms with van der Waals surface area (Å²) in [6.07, 6.45) is 2.70. The lowest BCUT2D eigenvalue weighted by molar-refractivity contribution is -0.120. The predicted octanol–water partition coefficient (Wildman–Crippen LogP) is 2.30. The molecule has 2 fully saturated rings. The summed E-state index contributed by atoms with van der Waals surface area (Å²) in [5.74, 6) is 0.0469. The largest absolute Gasteiger partial charge is 0.379 e. The summed E-state index contributed by atoms with van der Waals surface area (Å²) in [5.41, 5.74) is 1.97. The van der Waals surface area contributed by atoms with Gasteiger partial charge < -0.3 is 10.1 Å². The first-order valence-electron chi connectivity index (χ1n) is 10.7. The first kappa shape index (κ1) is 22.2. The first-order chi connectivity index (χ1) is 14.0. The number of nitrogens with one attached hydrogen (secondary N) is 1. The lowest BCUT2D eigenvalue weighted by Crippen LogP contribution is -2.42. The van der Waals surface area contributed by atoms with Crippen LogP contribution >= 0.6 is 0 Å². The molecule has 0 aromatic heterocycles. The van der Waals surface area contributed by atoms with Crippen LogP contribution in [-0.2, 0) is 26.1 Å². The summed E-state index contributed by atoms with van der Waals surface area (Å²) in [6.45, 7) is 7.09. The summed E-state index contributed by atoms with van der Waals surface area (Å²) in [6, 6.07) is 7.97. The third-order valence-electron chi connectivity index (χ3n) is 5.68. The van der Waals surface area contributed by atoms with Crippen LogP contribution in [0.4, 0.5) is 5.69 Å². The molecule has 0 aliphatic carbocycles. The third-order valence-corrected chi connectivity index (χ3v) is 7.63. The zero-order valence-electron chi connectivity index (χ0n) is 17.3. The van der Waals surface area contributed by atoms with E-state index in [4.69, 9.17) is 4.74 Å². The van der Waals surface area contributed by atoms with Crippen LogP contribution in [0.2, 0.25) is 0 Å². The molecule has 1 aromatic rings. The number of benzene rings is 1. The van der Waals surface area contributed by atoms with Crippen molar-refractivity contribution in [2.45, 2.75) is 39.2 Å². The fourth-order valence-electron chi connectivity index (χ4n) is 3.86. The molecule has 0 radical (unpaired) electrons. The van der Waals surface area contributed by atoms with E-state index in [1.807, 2.05) is 25.1 Å². The molecule has 2 saturated heterocycles. The number of anilines is 1. The van der Waals surface area contributed by atoms with E-state index in [0.717, 1.165) is 45.0 Å². The van der Waals surface area contributed by atoms with Crippen LogP contribution in [-0.4, -0.2) is 68.7 Å². The Balaban J connectivity index is 1.50. The maximum absolute atomic E-state index is 12.7. The SMILES string of the molecule is CCCCS(=O)(=O)N1CCC(C(=O)Nc2cccc(CN3CCOCC3)c2)CC1. The monoisotopic (exact) mass is 423 g/mol. The van der Waals surface area contributed by atoms with Crippen LogP contribution in [0.3, 0.4) is 0 Å². The smallest absolute Gasteiger partial charge is 0.227 e. The Morgan fingerprint density at radius 3 is 2.59 bits per heavy atom. The first-order valence-corrected chi connectivity index (χ1v) is 12.3. The molecule has 2 aliphatic heterocycles. The molecule has 8 heteroatoms. The van der Waals surface area contributed by atoms with E-state index in [-0.39, 0.29) is 17.6 Å². The highest BCUT2D eigenvalue weighted by Gasteiger charge is 2.30. The van der Waals surface area contributed by atoms with Crippen molar-refractivity contribution in [2.24, 2.45) is 5.92 Å². The number of carbonyl (C=O) groups is 1. The van der Waals surface area contributed by atoms with Crippen molar-refractivity contribution in [1.82, 2.24) is 9.21 Å². The number of amides is 1. The quantitative estimate of drug-likeness (QED) is 0.694. The second-order valence-electron chi connectivity index (χ2n) is 7.92. The summed E-state index contributed by atoms with van der Waals surface area (Å²) in [4.78, 5) is 15.0. The van der Waals surface area contributed by atoms with Crippen LogP contribution in [0.25, 0.3) is 0 Å². The molecule has 1 amide bonds.